The fourth-order valence-corrected chi connectivity index (χ4v) is 4.66. The molecule has 0 saturated carbocycles. The molecule has 0 aliphatic carbocycles. The van der Waals surface area contributed by atoms with Crippen molar-refractivity contribution in [3.05, 3.63) is 125 Å². The predicted octanol–water partition coefficient (Wildman–Crippen LogP) is 8.72. The molecule has 1 amide bonds. The summed E-state index contributed by atoms with van der Waals surface area (Å²) in [4.78, 5) is 29.1. The lowest BCUT2D eigenvalue weighted by Crippen LogP contribution is -2.30. The summed E-state index contributed by atoms with van der Waals surface area (Å²) in [6, 6.07) is 28.3. The van der Waals surface area contributed by atoms with Gasteiger partial charge < -0.3 is 19.9 Å². The third-order valence-electron chi connectivity index (χ3n) is 6.90. The summed E-state index contributed by atoms with van der Waals surface area (Å²) in [5, 5.41) is 14.5. The first-order valence-corrected chi connectivity index (χ1v) is 14.2. The highest BCUT2D eigenvalue weighted by Crippen LogP contribution is 2.30. The van der Waals surface area contributed by atoms with Crippen molar-refractivity contribution in [2.45, 2.75) is 38.6 Å². The lowest BCUT2D eigenvalue weighted by atomic mass is 9.87. The monoisotopic (exact) mass is 594 g/mol. The zero-order valence-corrected chi connectivity index (χ0v) is 24.8. The molecule has 218 valence electrons. The summed E-state index contributed by atoms with van der Waals surface area (Å²) < 4.78 is 11.9. The van der Waals surface area contributed by atoms with Crippen LogP contribution in [0, 0.1) is 0 Å². The van der Waals surface area contributed by atoms with Crippen molar-refractivity contribution in [2.24, 2.45) is 0 Å². The third-order valence-corrected chi connectivity index (χ3v) is 7.15. The predicted molar refractivity (Wildman–Crippen MR) is 167 cm³/mol. The first-order valence-electron chi connectivity index (χ1n) is 13.8. The molecule has 0 fully saturated rings. The van der Waals surface area contributed by atoms with Crippen LogP contribution in [0.5, 0.6) is 23.0 Å². The Labute approximate surface area is 255 Å². The van der Waals surface area contributed by atoms with Crippen LogP contribution in [0.15, 0.2) is 103 Å². The highest BCUT2D eigenvalue weighted by atomic mass is 35.5. The first kappa shape index (κ1) is 29.6. The van der Waals surface area contributed by atoms with Gasteiger partial charge in [-0.1, -0.05) is 62.7 Å². The van der Waals surface area contributed by atoms with Gasteiger partial charge in [-0.3, -0.25) is 14.6 Å². The second kappa shape index (κ2) is 12.5. The summed E-state index contributed by atoms with van der Waals surface area (Å²) in [6.45, 7) is 6.49. The number of pyridine rings is 1. The van der Waals surface area contributed by atoms with E-state index >= 15 is 0 Å². The highest BCUT2D eigenvalue weighted by Gasteiger charge is 2.20. The molecule has 0 aliphatic heterocycles. The number of ether oxygens (including phenoxy) is 2. The van der Waals surface area contributed by atoms with Gasteiger partial charge in [-0.15, -0.1) is 0 Å². The van der Waals surface area contributed by atoms with Gasteiger partial charge in [0.25, 0.3) is 5.91 Å². The number of benzene rings is 4. The number of aliphatic carboxylic acids is 1. The number of carboxylic acid groups (broad SMARTS) is 1. The number of hydrogen-bond donors (Lipinski definition) is 2. The number of nitrogens with zero attached hydrogens (tertiary/aromatic N) is 1. The Morgan fingerprint density at radius 1 is 0.791 bits per heavy atom. The average Bonchev–Trinajstić information content (AvgIpc) is 2.98. The number of carboxylic acids is 1. The van der Waals surface area contributed by atoms with E-state index in [9.17, 15) is 14.7 Å². The molecule has 2 N–H and O–H groups in total. The van der Waals surface area contributed by atoms with Crippen molar-refractivity contribution in [3.63, 3.8) is 0 Å². The molecular weight excluding hydrogens is 564 g/mol. The van der Waals surface area contributed by atoms with Crippen LogP contribution in [0.2, 0.25) is 5.02 Å². The van der Waals surface area contributed by atoms with E-state index in [0.29, 0.717) is 27.8 Å². The smallest absolute Gasteiger partial charge is 0.305 e. The van der Waals surface area contributed by atoms with Crippen LogP contribution < -0.4 is 14.8 Å². The molecule has 1 heterocycles. The molecule has 1 aromatic heterocycles. The van der Waals surface area contributed by atoms with Crippen molar-refractivity contribution < 1.29 is 24.2 Å². The van der Waals surface area contributed by atoms with Crippen LogP contribution >= 0.6 is 11.6 Å². The van der Waals surface area contributed by atoms with E-state index < -0.39 is 17.9 Å². The number of amides is 1. The normalized spacial score (nSPS) is 12.0. The topological polar surface area (TPSA) is 97.8 Å². The minimum atomic E-state index is -1.04. The van der Waals surface area contributed by atoms with Crippen molar-refractivity contribution in [2.75, 3.05) is 0 Å². The molecule has 1 unspecified atom stereocenters. The standard InChI is InChI=1S/C35H31ClN2O5/c1-35(2,3)25-7-14-28(15-8-25)43-30-13-6-23-19-32(37-21-24(23)18-30)34(41)38-31(20-33(39)40)22-4-11-27(12-5-22)42-29-16-9-26(36)10-17-29/h4-19,21,31H,20H2,1-3H3,(H,38,41)(H,39,40). The second-order valence-electron chi connectivity index (χ2n) is 11.2. The van der Waals surface area contributed by atoms with E-state index in [0.717, 1.165) is 16.5 Å². The summed E-state index contributed by atoms with van der Waals surface area (Å²) in [7, 11) is 0. The largest absolute Gasteiger partial charge is 0.481 e. The quantitative estimate of drug-likeness (QED) is 0.177. The number of rotatable bonds is 9. The van der Waals surface area contributed by atoms with E-state index in [-0.39, 0.29) is 17.5 Å². The number of nitrogens with one attached hydrogen (secondary N) is 1. The van der Waals surface area contributed by atoms with Gasteiger partial charge in [0.15, 0.2) is 0 Å². The summed E-state index contributed by atoms with van der Waals surface area (Å²) in [5.74, 6) is 1.04. The number of carbonyl (C=O) groups excluding carboxylic acids is 1. The Balaban J connectivity index is 1.28. The van der Waals surface area contributed by atoms with Crippen molar-refractivity contribution >= 4 is 34.2 Å². The fraction of sp³-hybridized carbons (Fsp3) is 0.171. The maximum Gasteiger partial charge on any atom is 0.305 e. The summed E-state index contributed by atoms with van der Waals surface area (Å²) >= 11 is 5.93. The van der Waals surface area contributed by atoms with Gasteiger partial charge >= 0.3 is 5.97 Å². The lowest BCUT2D eigenvalue weighted by Gasteiger charge is -2.19. The lowest BCUT2D eigenvalue weighted by molar-refractivity contribution is -0.137. The molecule has 0 saturated heterocycles. The second-order valence-corrected chi connectivity index (χ2v) is 11.6. The van der Waals surface area contributed by atoms with E-state index in [1.54, 1.807) is 60.8 Å². The molecule has 5 aromatic rings. The molecule has 8 heteroatoms. The number of halogens is 1. The molecular formula is C35H31ClN2O5. The van der Waals surface area contributed by atoms with Crippen LogP contribution in [-0.2, 0) is 10.2 Å². The van der Waals surface area contributed by atoms with Crippen LogP contribution in [0.25, 0.3) is 10.8 Å². The van der Waals surface area contributed by atoms with Crippen molar-refractivity contribution in [1.82, 2.24) is 10.3 Å². The Kier molecular flexibility index (Phi) is 8.64. The molecule has 5 rings (SSSR count). The van der Waals surface area contributed by atoms with Gasteiger partial charge in [0.2, 0.25) is 0 Å². The Hall–Kier alpha value is -4.88. The average molecular weight is 595 g/mol. The number of aromatic nitrogens is 1. The Morgan fingerprint density at radius 2 is 1.35 bits per heavy atom. The molecule has 4 aromatic carbocycles. The minimum absolute atomic E-state index is 0.0584. The molecule has 0 aliphatic rings. The van der Waals surface area contributed by atoms with E-state index in [2.05, 4.69) is 43.2 Å². The maximum absolute atomic E-state index is 13.2. The molecule has 0 radical (unpaired) electrons. The first-order chi connectivity index (χ1) is 20.5. The van der Waals surface area contributed by atoms with E-state index in [4.69, 9.17) is 21.1 Å². The van der Waals surface area contributed by atoms with Crippen LogP contribution in [0.3, 0.4) is 0 Å². The number of hydrogen-bond acceptors (Lipinski definition) is 5. The Bertz CT molecular complexity index is 1750. The van der Waals surface area contributed by atoms with Crippen molar-refractivity contribution in [3.8, 4) is 23.0 Å². The zero-order valence-electron chi connectivity index (χ0n) is 24.0. The number of fused-ring (bicyclic) bond motifs is 1. The van der Waals surface area contributed by atoms with E-state index in [1.807, 2.05) is 30.3 Å². The Morgan fingerprint density at radius 3 is 1.95 bits per heavy atom. The van der Waals surface area contributed by atoms with Gasteiger partial charge in [-0.25, -0.2) is 0 Å². The van der Waals surface area contributed by atoms with Gasteiger partial charge in [-0.2, -0.15) is 0 Å². The molecule has 7 nitrogen and oxygen atoms in total. The third kappa shape index (κ3) is 7.70. The van der Waals surface area contributed by atoms with Gasteiger partial charge in [0.05, 0.1) is 12.5 Å². The van der Waals surface area contributed by atoms with Crippen molar-refractivity contribution in [1.29, 1.82) is 0 Å². The maximum atomic E-state index is 13.2. The van der Waals surface area contributed by atoms with Gasteiger partial charge in [0, 0.05) is 16.6 Å². The fourth-order valence-electron chi connectivity index (χ4n) is 4.53. The van der Waals surface area contributed by atoms with Crippen LogP contribution in [0.4, 0.5) is 0 Å². The van der Waals surface area contributed by atoms with Crippen LogP contribution in [-0.4, -0.2) is 22.0 Å². The molecule has 1 atom stereocenters. The number of carbonyl (C=O) groups is 2. The summed E-state index contributed by atoms with van der Waals surface area (Å²) in [6.07, 6.45) is 1.31. The summed E-state index contributed by atoms with van der Waals surface area (Å²) in [5.41, 5.74) is 2.08. The molecule has 0 spiro atoms. The van der Waals surface area contributed by atoms with Crippen LogP contribution in [0.1, 0.15) is 54.8 Å². The molecule has 43 heavy (non-hydrogen) atoms. The molecule has 0 bridgehead atoms. The zero-order chi connectivity index (χ0) is 30.6. The minimum Gasteiger partial charge on any atom is -0.481 e. The van der Waals surface area contributed by atoms with Gasteiger partial charge in [-0.05, 0) is 88.7 Å². The SMILES string of the molecule is CC(C)(C)c1ccc(Oc2ccc3cc(C(=O)NC(CC(=O)O)c4ccc(Oc5ccc(Cl)cc5)cc4)ncc3c2)cc1. The highest BCUT2D eigenvalue weighted by molar-refractivity contribution is 6.30. The van der Waals surface area contributed by atoms with Gasteiger partial charge in [0.1, 0.15) is 28.7 Å². The van der Waals surface area contributed by atoms with E-state index in [1.165, 1.54) is 5.56 Å².